The van der Waals surface area contributed by atoms with E-state index in [0.29, 0.717) is 29.2 Å². The minimum atomic E-state index is -4.45. The molecule has 1 amide bonds. The summed E-state index contributed by atoms with van der Waals surface area (Å²) in [5.41, 5.74) is 1.52. The van der Waals surface area contributed by atoms with E-state index >= 15 is 0 Å². The lowest BCUT2D eigenvalue weighted by Gasteiger charge is -2.15. The molecule has 1 unspecified atom stereocenters. The van der Waals surface area contributed by atoms with Crippen molar-refractivity contribution >= 4 is 11.9 Å². The van der Waals surface area contributed by atoms with Crippen molar-refractivity contribution in [1.82, 2.24) is 5.32 Å². The SMILES string of the molecule is O=C(NC(Cc1ccc(OCc2ccccc2)cc1)C(=O)O)c1ccc(OCc2cccc(C(F)(F)F)c2)cc1. The standard InChI is InChI=1S/C31H26F3NO5/c32-31(33,34)25-8-4-7-23(17-25)20-40-27-15-11-24(12-16-27)29(36)35-28(30(37)38)18-21-9-13-26(14-10-21)39-19-22-5-2-1-3-6-22/h1-17,28H,18-20H2,(H,35,36)(H,37,38). The van der Waals surface area contributed by atoms with Crippen molar-refractivity contribution in [3.8, 4) is 11.5 Å². The van der Waals surface area contributed by atoms with Crippen LogP contribution in [0.25, 0.3) is 0 Å². The van der Waals surface area contributed by atoms with Gasteiger partial charge in [0.2, 0.25) is 0 Å². The van der Waals surface area contributed by atoms with Gasteiger partial charge in [-0.3, -0.25) is 4.79 Å². The van der Waals surface area contributed by atoms with Crippen LogP contribution in [0, 0.1) is 0 Å². The highest BCUT2D eigenvalue weighted by Crippen LogP contribution is 2.29. The van der Waals surface area contributed by atoms with Gasteiger partial charge in [-0.05, 0) is 65.2 Å². The fourth-order valence-corrected chi connectivity index (χ4v) is 3.85. The van der Waals surface area contributed by atoms with Crippen molar-refractivity contribution in [1.29, 1.82) is 0 Å². The van der Waals surface area contributed by atoms with Crippen LogP contribution < -0.4 is 14.8 Å². The molecule has 0 saturated carbocycles. The molecule has 9 heteroatoms. The molecule has 4 rings (SSSR count). The molecule has 0 radical (unpaired) electrons. The molecule has 0 saturated heterocycles. The third kappa shape index (κ3) is 8.10. The quantitative estimate of drug-likeness (QED) is 0.230. The van der Waals surface area contributed by atoms with Crippen LogP contribution in [0.2, 0.25) is 0 Å². The first-order chi connectivity index (χ1) is 19.2. The summed E-state index contributed by atoms with van der Waals surface area (Å²) in [5.74, 6) is -0.782. The summed E-state index contributed by atoms with van der Waals surface area (Å²) in [6.45, 7) is 0.315. The second-order valence-corrected chi connectivity index (χ2v) is 9.00. The molecule has 0 bridgehead atoms. The third-order valence-electron chi connectivity index (χ3n) is 5.99. The Bertz CT molecular complexity index is 1420. The smallest absolute Gasteiger partial charge is 0.416 e. The van der Waals surface area contributed by atoms with Crippen LogP contribution in [0.4, 0.5) is 13.2 Å². The van der Waals surface area contributed by atoms with E-state index in [-0.39, 0.29) is 18.6 Å². The number of benzene rings is 4. The van der Waals surface area contributed by atoms with Gasteiger partial charge in [-0.1, -0.05) is 54.6 Å². The Kier molecular flexibility index (Phi) is 9.06. The topological polar surface area (TPSA) is 84.9 Å². The van der Waals surface area contributed by atoms with Crippen molar-refractivity contribution in [2.75, 3.05) is 0 Å². The molecule has 0 aliphatic carbocycles. The largest absolute Gasteiger partial charge is 0.489 e. The first-order valence-corrected chi connectivity index (χ1v) is 12.4. The van der Waals surface area contributed by atoms with Crippen LogP contribution >= 0.6 is 0 Å². The van der Waals surface area contributed by atoms with E-state index in [4.69, 9.17) is 9.47 Å². The second-order valence-electron chi connectivity index (χ2n) is 9.00. The molecule has 1 atom stereocenters. The fourth-order valence-electron chi connectivity index (χ4n) is 3.85. The maximum atomic E-state index is 12.9. The molecular weight excluding hydrogens is 523 g/mol. The highest BCUT2D eigenvalue weighted by molar-refractivity contribution is 5.96. The monoisotopic (exact) mass is 549 g/mol. The zero-order chi connectivity index (χ0) is 28.5. The van der Waals surface area contributed by atoms with Gasteiger partial charge in [-0.25, -0.2) is 4.79 Å². The summed E-state index contributed by atoms with van der Waals surface area (Å²) in [7, 11) is 0. The fraction of sp³-hybridized carbons (Fsp3) is 0.161. The predicted molar refractivity (Wildman–Crippen MR) is 142 cm³/mol. The van der Waals surface area contributed by atoms with Crippen LogP contribution in [-0.4, -0.2) is 23.0 Å². The maximum absolute atomic E-state index is 12.9. The van der Waals surface area contributed by atoms with Crippen LogP contribution in [0.1, 0.15) is 32.6 Å². The van der Waals surface area contributed by atoms with Gasteiger partial charge in [0, 0.05) is 12.0 Å². The molecule has 0 aliphatic rings. The van der Waals surface area contributed by atoms with Gasteiger partial charge in [-0.15, -0.1) is 0 Å². The number of halogens is 3. The lowest BCUT2D eigenvalue weighted by Crippen LogP contribution is -2.42. The molecule has 0 aromatic heterocycles. The number of carbonyl (C=O) groups excluding carboxylic acids is 1. The highest BCUT2D eigenvalue weighted by Gasteiger charge is 2.30. The molecule has 4 aromatic rings. The molecule has 0 aliphatic heterocycles. The number of amides is 1. The van der Waals surface area contributed by atoms with Gasteiger partial charge in [0.15, 0.2) is 0 Å². The lowest BCUT2D eigenvalue weighted by molar-refractivity contribution is -0.139. The lowest BCUT2D eigenvalue weighted by atomic mass is 10.1. The summed E-state index contributed by atoms with van der Waals surface area (Å²) < 4.78 is 50.0. The van der Waals surface area contributed by atoms with Crippen molar-refractivity contribution in [2.24, 2.45) is 0 Å². The second kappa shape index (κ2) is 12.8. The number of rotatable bonds is 11. The number of hydrogen-bond donors (Lipinski definition) is 2. The van der Waals surface area contributed by atoms with E-state index in [2.05, 4.69) is 5.32 Å². The Morgan fingerprint density at radius 1 is 0.725 bits per heavy atom. The third-order valence-corrected chi connectivity index (χ3v) is 5.99. The molecule has 4 aromatic carbocycles. The molecule has 6 nitrogen and oxygen atoms in total. The molecule has 0 heterocycles. The molecule has 0 spiro atoms. The Hall–Kier alpha value is -4.79. The van der Waals surface area contributed by atoms with E-state index in [1.165, 1.54) is 36.4 Å². The number of carbonyl (C=O) groups is 2. The number of hydrogen-bond acceptors (Lipinski definition) is 4. The van der Waals surface area contributed by atoms with Crippen molar-refractivity contribution in [3.05, 3.63) is 131 Å². The first-order valence-electron chi connectivity index (χ1n) is 12.4. The maximum Gasteiger partial charge on any atom is 0.416 e. The van der Waals surface area contributed by atoms with Crippen LogP contribution in [0.3, 0.4) is 0 Å². The Morgan fingerprint density at radius 2 is 1.30 bits per heavy atom. The van der Waals surface area contributed by atoms with Crippen molar-refractivity contribution in [2.45, 2.75) is 31.9 Å². The summed E-state index contributed by atoms with van der Waals surface area (Å²) in [6, 6.07) is 26.2. The van der Waals surface area contributed by atoms with Gasteiger partial charge in [-0.2, -0.15) is 13.2 Å². The molecule has 2 N–H and O–H groups in total. The first kappa shape index (κ1) is 28.2. The molecule has 40 heavy (non-hydrogen) atoms. The van der Waals surface area contributed by atoms with Gasteiger partial charge >= 0.3 is 12.1 Å². The average Bonchev–Trinajstić information content (AvgIpc) is 2.96. The Balaban J connectivity index is 1.30. The van der Waals surface area contributed by atoms with E-state index < -0.39 is 29.7 Å². The van der Waals surface area contributed by atoms with Crippen LogP contribution in [0.15, 0.2) is 103 Å². The minimum Gasteiger partial charge on any atom is -0.489 e. The predicted octanol–water partition coefficient (Wildman–Crippen LogP) is 6.29. The normalized spacial score (nSPS) is 11.9. The molecule has 0 fully saturated rings. The average molecular weight is 550 g/mol. The van der Waals surface area contributed by atoms with E-state index in [9.17, 15) is 27.9 Å². The summed E-state index contributed by atoms with van der Waals surface area (Å²) in [6.07, 6.45) is -4.38. The van der Waals surface area contributed by atoms with Crippen molar-refractivity contribution < 1.29 is 37.3 Å². The minimum absolute atomic E-state index is 0.0677. The molecule has 206 valence electrons. The number of alkyl halides is 3. The number of ether oxygens (including phenoxy) is 2. The van der Waals surface area contributed by atoms with Crippen molar-refractivity contribution in [3.63, 3.8) is 0 Å². The van der Waals surface area contributed by atoms with Crippen LogP contribution in [-0.2, 0) is 30.6 Å². The van der Waals surface area contributed by atoms with Gasteiger partial charge in [0.05, 0.1) is 5.56 Å². The van der Waals surface area contributed by atoms with E-state index in [0.717, 1.165) is 17.7 Å². The Morgan fingerprint density at radius 3 is 1.90 bits per heavy atom. The summed E-state index contributed by atoms with van der Waals surface area (Å²) in [5, 5.41) is 12.2. The van der Waals surface area contributed by atoms with Gasteiger partial charge in [0.1, 0.15) is 30.8 Å². The Labute approximate surface area is 229 Å². The van der Waals surface area contributed by atoms with E-state index in [1.54, 1.807) is 24.3 Å². The summed E-state index contributed by atoms with van der Waals surface area (Å²) >= 11 is 0. The highest BCUT2D eigenvalue weighted by atomic mass is 19.4. The number of aliphatic carboxylic acids is 1. The zero-order valence-corrected chi connectivity index (χ0v) is 21.2. The number of carboxylic acids is 1. The van der Waals surface area contributed by atoms with Crippen LogP contribution in [0.5, 0.6) is 11.5 Å². The zero-order valence-electron chi connectivity index (χ0n) is 21.2. The number of carboxylic acid groups (broad SMARTS) is 1. The number of nitrogens with one attached hydrogen (secondary N) is 1. The summed E-state index contributed by atoms with van der Waals surface area (Å²) in [4.78, 5) is 24.5. The van der Waals surface area contributed by atoms with Gasteiger partial charge < -0.3 is 19.9 Å². The van der Waals surface area contributed by atoms with E-state index in [1.807, 2.05) is 30.3 Å². The van der Waals surface area contributed by atoms with Gasteiger partial charge in [0.25, 0.3) is 5.91 Å². The molecular formula is C31H26F3NO5.